The first-order valence-corrected chi connectivity index (χ1v) is 10.6. The third-order valence-electron chi connectivity index (χ3n) is 5.48. The van der Waals surface area contributed by atoms with Crippen molar-refractivity contribution >= 4 is 11.6 Å². The molecule has 0 N–H and O–H groups in total. The Morgan fingerprint density at radius 2 is 1.34 bits per heavy atom. The molecule has 5 nitrogen and oxygen atoms in total. The lowest BCUT2D eigenvalue weighted by Crippen LogP contribution is -2.42. The number of fused-ring (bicyclic) bond motifs is 1. The Balaban J connectivity index is 1.89. The second-order valence-electron chi connectivity index (χ2n) is 7.56. The lowest BCUT2D eigenvalue weighted by molar-refractivity contribution is 0.371. The van der Waals surface area contributed by atoms with Crippen molar-refractivity contribution in [2.24, 2.45) is 0 Å². The molecule has 0 spiro atoms. The molecule has 0 saturated carbocycles. The van der Waals surface area contributed by atoms with Crippen LogP contribution in [0.4, 0.5) is 0 Å². The lowest BCUT2D eigenvalue weighted by Gasteiger charge is -2.27. The Morgan fingerprint density at radius 3 is 1.94 bits per heavy atom. The van der Waals surface area contributed by atoms with E-state index in [-0.39, 0.29) is 5.88 Å². The van der Waals surface area contributed by atoms with Gasteiger partial charge in [0.05, 0.1) is 22.7 Å². The van der Waals surface area contributed by atoms with Crippen molar-refractivity contribution in [3.05, 3.63) is 134 Å². The van der Waals surface area contributed by atoms with Gasteiger partial charge in [-0.25, -0.2) is 13.9 Å². The minimum atomic E-state index is -0.490. The molecule has 0 radical (unpaired) electrons. The van der Waals surface area contributed by atoms with E-state index in [1.807, 2.05) is 61.5 Å². The van der Waals surface area contributed by atoms with E-state index in [1.165, 1.54) is 9.13 Å². The second kappa shape index (κ2) is 8.02. The fraction of sp³-hybridized carbons (Fsp3) is 0.0769. The molecule has 158 valence electrons. The molecular formula is C26H19ClN2O3. The van der Waals surface area contributed by atoms with Crippen LogP contribution in [0.25, 0.3) is 11.4 Å². The van der Waals surface area contributed by atoms with E-state index in [2.05, 4.69) is 0 Å². The fourth-order valence-corrected chi connectivity index (χ4v) is 4.15. The van der Waals surface area contributed by atoms with Crippen LogP contribution in [0.5, 0.6) is 5.88 Å². The molecule has 5 rings (SSSR count). The van der Waals surface area contributed by atoms with E-state index in [0.717, 1.165) is 5.56 Å². The smallest absolute Gasteiger partial charge is 0.343 e. The van der Waals surface area contributed by atoms with E-state index in [1.54, 1.807) is 36.4 Å². The number of hydrogen-bond acceptors (Lipinski definition) is 3. The Kier molecular flexibility index (Phi) is 5.04. The number of rotatable bonds is 3. The topological polar surface area (TPSA) is 53.2 Å². The zero-order chi connectivity index (χ0) is 22.2. The molecule has 1 atom stereocenters. The Bertz CT molecular complexity index is 1440. The number of nitrogens with zero attached hydrogens (tertiary/aromatic N) is 2. The monoisotopic (exact) mass is 442 g/mol. The maximum absolute atomic E-state index is 13.8. The van der Waals surface area contributed by atoms with E-state index >= 15 is 0 Å². The molecule has 6 heteroatoms. The summed E-state index contributed by atoms with van der Waals surface area (Å²) in [4.78, 5) is 27.5. The molecule has 1 aliphatic rings. The Hall–Kier alpha value is -3.83. The molecule has 1 aliphatic heterocycles. The van der Waals surface area contributed by atoms with Gasteiger partial charge >= 0.3 is 5.69 Å². The number of halogens is 1. The molecule has 0 amide bonds. The quantitative estimate of drug-likeness (QED) is 0.445. The Labute approximate surface area is 189 Å². The zero-order valence-corrected chi connectivity index (χ0v) is 18.0. The predicted molar refractivity (Wildman–Crippen MR) is 125 cm³/mol. The van der Waals surface area contributed by atoms with Crippen LogP contribution >= 0.6 is 11.6 Å². The molecule has 1 unspecified atom stereocenters. The van der Waals surface area contributed by atoms with Crippen molar-refractivity contribution in [3.8, 4) is 17.3 Å². The first kappa shape index (κ1) is 20.1. The van der Waals surface area contributed by atoms with Crippen LogP contribution in [0.3, 0.4) is 0 Å². The van der Waals surface area contributed by atoms with Gasteiger partial charge in [0.2, 0.25) is 5.88 Å². The summed E-state index contributed by atoms with van der Waals surface area (Å²) in [7, 11) is 0. The highest BCUT2D eigenvalue weighted by Gasteiger charge is 2.31. The van der Waals surface area contributed by atoms with Crippen LogP contribution in [-0.2, 0) is 0 Å². The largest absolute Gasteiger partial charge is 0.445 e. The van der Waals surface area contributed by atoms with Gasteiger partial charge in [0, 0.05) is 10.9 Å². The molecule has 1 aromatic heterocycles. The van der Waals surface area contributed by atoms with Gasteiger partial charge < -0.3 is 4.74 Å². The van der Waals surface area contributed by atoms with Crippen LogP contribution in [0, 0.1) is 0 Å². The molecule has 32 heavy (non-hydrogen) atoms. The summed E-state index contributed by atoms with van der Waals surface area (Å²) in [6.07, 6.45) is 1.89. The van der Waals surface area contributed by atoms with Gasteiger partial charge in [-0.15, -0.1) is 0 Å². The first-order valence-electron chi connectivity index (χ1n) is 10.2. The summed E-state index contributed by atoms with van der Waals surface area (Å²) >= 11 is 6.09. The molecular weight excluding hydrogens is 424 g/mol. The van der Waals surface area contributed by atoms with E-state index in [9.17, 15) is 9.59 Å². The predicted octanol–water partition coefficient (Wildman–Crippen LogP) is 5.07. The summed E-state index contributed by atoms with van der Waals surface area (Å²) in [5.41, 5.74) is 1.49. The van der Waals surface area contributed by atoms with Gasteiger partial charge in [-0.2, -0.15) is 0 Å². The fourth-order valence-electron chi connectivity index (χ4n) is 4.02. The zero-order valence-electron chi connectivity index (χ0n) is 17.2. The highest BCUT2D eigenvalue weighted by Crippen LogP contribution is 2.37. The van der Waals surface area contributed by atoms with Crippen molar-refractivity contribution < 1.29 is 4.74 Å². The summed E-state index contributed by atoms with van der Waals surface area (Å²) in [6, 6.07) is 25.5. The summed E-state index contributed by atoms with van der Waals surface area (Å²) in [6.45, 7) is 1.81. The van der Waals surface area contributed by atoms with Gasteiger partial charge in [0.25, 0.3) is 5.56 Å². The second-order valence-corrected chi connectivity index (χ2v) is 7.99. The van der Waals surface area contributed by atoms with E-state index < -0.39 is 17.2 Å². The van der Waals surface area contributed by atoms with Crippen LogP contribution in [0.2, 0.25) is 5.02 Å². The third kappa shape index (κ3) is 3.37. The molecule has 2 heterocycles. The third-order valence-corrected chi connectivity index (χ3v) is 5.73. The maximum atomic E-state index is 13.8. The highest BCUT2D eigenvalue weighted by molar-refractivity contribution is 6.30. The minimum absolute atomic E-state index is 0.235. The number of allylic oxidation sites excluding steroid dienone is 2. The number of para-hydroxylation sites is 2. The SMILES string of the molecule is CC1=CC(c2ccc(Cl)cc2)c2c(n(-c3ccccc3)c(=O)n(-c3ccccc3)c2=O)O1. The number of aromatic nitrogens is 2. The van der Waals surface area contributed by atoms with Crippen molar-refractivity contribution in [2.45, 2.75) is 12.8 Å². The summed E-state index contributed by atoms with van der Waals surface area (Å²) in [5, 5.41) is 0.609. The average Bonchev–Trinajstić information content (AvgIpc) is 2.80. The average molecular weight is 443 g/mol. The summed E-state index contributed by atoms with van der Waals surface area (Å²) < 4.78 is 8.69. The Morgan fingerprint density at radius 1 is 0.781 bits per heavy atom. The van der Waals surface area contributed by atoms with E-state index in [4.69, 9.17) is 16.3 Å². The van der Waals surface area contributed by atoms with Crippen molar-refractivity contribution in [1.82, 2.24) is 9.13 Å². The highest BCUT2D eigenvalue weighted by atomic mass is 35.5. The van der Waals surface area contributed by atoms with Crippen LogP contribution in [-0.4, -0.2) is 9.13 Å². The lowest BCUT2D eigenvalue weighted by atomic mass is 9.90. The molecule has 0 aliphatic carbocycles. The molecule has 3 aromatic carbocycles. The van der Waals surface area contributed by atoms with Gasteiger partial charge in [0.1, 0.15) is 0 Å². The molecule has 0 bridgehead atoms. The summed E-state index contributed by atoms with van der Waals surface area (Å²) in [5.74, 6) is 0.450. The van der Waals surface area contributed by atoms with Gasteiger partial charge in [-0.05, 0) is 55.0 Å². The normalized spacial score (nSPS) is 14.9. The first-order chi connectivity index (χ1) is 15.5. The maximum Gasteiger partial charge on any atom is 0.343 e. The number of benzene rings is 3. The number of ether oxygens (including phenoxy) is 1. The van der Waals surface area contributed by atoms with Crippen molar-refractivity contribution in [2.75, 3.05) is 0 Å². The van der Waals surface area contributed by atoms with Crippen LogP contribution in [0.15, 0.2) is 106 Å². The van der Waals surface area contributed by atoms with Gasteiger partial charge in [-0.1, -0.05) is 60.1 Å². The minimum Gasteiger partial charge on any atom is -0.445 e. The van der Waals surface area contributed by atoms with E-state index in [0.29, 0.717) is 27.7 Å². The molecule has 0 saturated heterocycles. The molecule has 0 fully saturated rings. The number of hydrogen-bond donors (Lipinski definition) is 0. The van der Waals surface area contributed by atoms with Crippen molar-refractivity contribution in [1.29, 1.82) is 0 Å². The van der Waals surface area contributed by atoms with Crippen LogP contribution in [0.1, 0.15) is 24.0 Å². The molecule has 4 aromatic rings. The standard InChI is InChI=1S/C26H19ClN2O3/c1-17-16-22(18-12-14-19(27)15-13-18)23-24(30)28(20-8-4-2-5-9-20)26(31)29(25(23)32-17)21-10-6-3-7-11-21/h2-16,22H,1H3. The van der Waals surface area contributed by atoms with Crippen molar-refractivity contribution in [3.63, 3.8) is 0 Å². The van der Waals surface area contributed by atoms with Crippen LogP contribution < -0.4 is 16.0 Å². The van der Waals surface area contributed by atoms with Gasteiger partial charge in [0.15, 0.2) is 0 Å². The van der Waals surface area contributed by atoms with Gasteiger partial charge in [-0.3, -0.25) is 4.79 Å².